The summed E-state index contributed by atoms with van der Waals surface area (Å²) in [6.07, 6.45) is 23.5. The summed E-state index contributed by atoms with van der Waals surface area (Å²) in [6.45, 7) is 4.13. The average molecular weight is 441 g/mol. The molecule has 3 rings (SSSR count). The van der Waals surface area contributed by atoms with E-state index in [0.29, 0.717) is 12.2 Å². The number of ether oxygens (including phenoxy) is 1. The molecule has 2 aliphatic carbocycles. The van der Waals surface area contributed by atoms with Gasteiger partial charge >= 0.3 is 5.97 Å². The Hall–Kier alpha value is -1.31. The SMILES string of the molecule is CCCCCCC[C@H]1CC[C@H]([C@H]2CC[C@H](CCc3ccc(OC(=O)CC)cc3)CC2)CC1. The first-order chi connectivity index (χ1) is 15.7. The zero-order valence-electron chi connectivity index (χ0n) is 21.0. The van der Waals surface area contributed by atoms with Gasteiger partial charge in [0.05, 0.1) is 0 Å². The molecular formula is C30H48O2. The molecule has 2 heteroatoms. The highest BCUT2D eigenvalue weighted by Crippen LogP contribution is 2.43. The number of aryl methyl sites for hydroxylation is 1. The van der Waals surface area contributed by atoms with Crippen molar-refractivity contribution in [3.63, 3.8) is 0 Å². The Morgan fingerprint density at radius 1 is 0.750 bits per heavy atom. The van der Waals surface area contributed by atoms with Crippen molar-refractivity contribution in [3.8, 4) is 5.75 Å². The Labute approximate surface area is 197 Å². The number of hydrogen-bond acceptors (Lipinski definition) is 2. The van der Waals surface area contributed by atoms with E-state index in [4.69, 9.17) is 4.74 Å². The summed E-state index contributed by atoms with van der Waals surface area (Å²) in [5, 5.41) is 0. The number of benzene rings is 1. The molecule has 32 heavy (non-hydrogen) atoms. The molecule has 180 valence electrons. The van der Waals surface area contributed by atoms with Crippen LogP contribution in [0.25, 0.3) is 0 Å². The van der Waals surface area contributed by atoms with Gasteiger partial charge in [-0.1, -0.05) is 90.2 Å². The fraction of sp³-hybridized carbons (Fsp3) is 0.767. The van der Waals surface area contributed by atoms with Gasteiger partial charge in [-0.05, 0) is 79.9 Å². The molecule has 0 bridgehead atoms. The van der Waals surface area contributed by atoms with Crippen molar-refractivity contribution in [2.45, 2.75) is 123 Å². The maximum absolute atomic E-state index is 11.4. The van der Waals surface area contributed by atoms with Gasteiger partial charge in [-0.2, -0.15) is 0 Å². The largest absolute Gasteiger partial charge is 0.427 e. The van der Waals surface area contributed by atoms with E-state index >= 15 is 0 Å². The third-order valence-corrected chi connectivity index (χ3v) is 8.45. The van der Waals surface area contributed by atoms with Crippen molar-refractivity contribution < 1.29 is 9.53 Å². The number of hydrogen-bond donors (Lipinski definition) is 0. The molecule has 0 N–H and O–H groups in total. The van der Waals surface area contributed by atoms with Crippen molar-refractivity contribution >= 4 is 5.97 Å². The number of carbonyl (C=O) groups is 1. The molecule has 0 unspecified atom stereocenters. The lowest BCUT2D eigenvalue weighted by Crippen LogP contribution is -2.26. The van der Waals surface area contributed by atoms with E-state index in [1.165, 1.54) is 102 Å². The van der Waals surface area contributed by atoms with E-state index in [9.17, 15) is 4.79 Å². The highest BCUT2D eigenvalue weighted by molar-refractivity contribution is 5.71. The second-order valence-corrected chi connectivity index (χ2v) is 10.8. The summed E-state index contributed by atoms with van der Waals surface area (Å²) >= 11 is 0. The second-order valence-electron chi connectivity index (χ2n) is 10.8. The fourth-order valence-electron chi connectivity index (χ4n) is 6.23. The van der Waals surface area contributed by atoms with Crippen LogP contribution in [-0.2, 0) is 11.2 Å². The van der Waals surface area contributed by atoms with Crippen LogP contribution in [0.1, 0.15) is 122 Å². The normalized spacial score (nSPS) is 26.1. The summed E-state index contributed by atoms with van der Waals surface area (Å²) in [7, 11) is 0. The van der Waals surface area contributed by atoms with Gasteiger partial charge in [0.1, 0.15) is 5.75 Å². The summed E-state index contributed by atoms with van der Waals surface area (Å²) in [4.78, 5) is 11.4. The van der Waals surface area contributed by atoms with E-state index < -0.39 is 0 Å². The summed E-state index contributed by atoms with van der Waals surface area (Å²) in [5.74, 6) is 4.51. The second kappa shape index (κ2) is 14.1. The van der Waals surface area contributed by atoms with E-state index in [1.54, 1.807) is 0 Å². The van der Waals surface area contributed by atoms with Crippen molar-refractivity contribution in [1.29, 1.82) is 0 Å². The average Bonchev–Trinajstić information content (AvgIpc) is 2.84. The first-order valence-electron chi connectivity index (χ1n) is 14.0. The molecule has 0 spiro atoms. The van der Waals surface area contributed by atoms with Crippen LogP contribution in [0, 0.1) is 23.7 Å². The van der Waals surface area contributed by atoms with Gasteiger partial charge in [0.2, 0.25) is 0 Å². The smallest absolute Gasteiger partial charge is 0.310 e. The number of rotatable bonds is 12. The molecule has 0 heterocycles. The quantitative estimate of drug-likeness (QED) is 0.184. The Balaban J connectivity index is 1.28. The molecule has 2 nitrogen and oxygen atoms in total. The van der Waals surface area contributed by atoms with Gasteiger partial charge in [-0.3, -0.25) is 4.79 Å². The van der Waals surface area contributed by atoms with Crippen LogP contribution in [0.2, 0.25) is 0 Å². The van der Waals surface area contributed by atoms with Crippen molar-refractivity contribution in [3.05, 3.63) is 29.8 Å². The molecule has 2 fully saturated rings. The number of carbonyl (C=O) groups excluding carboxylic acids is 1. The Bertz CT molecular complexity index is 633. The molecule has 0 radical (unpaired) electrons. The lowest BCUT2D eigenvalue weighted by molar-refractivity contribution is -0.134. The van der Waals surface area contributed by atoms with Crippen LogP contribution < -0.4 is 4.74 Å². The van der Waals surface area contributed by atoms with Gasteiger partial charge in [0, 0.05) is 6.42 Å². The standard InChI is InChI=1S/C30H48O2/c1-3-5-6-7-8-9-24-12-18-27(19-13-24)28-20-14-25(15-21-28)10-11-26-16-22-29(23-17-26)32-30(31)4-2/h16-17,22-25,27-28H,3-15,18-21H2,1-2H3/t24-,25-,27-,28-. The lowest BCUT2D eigenvalue weighted by Gasteiger charge is -2.38. The van der Waals surface area contributed by atoms with Crippen LogP contribution >= 0.6 is 0 Å². The minimum absolute atomic E-state index is 0.162. The van der Waals surface area contributed by atoms with Gasteiger partial charge in [0.25, 0.3) is 0 Å². The summed E-state index contributed by atoms with van der Waals surface area (Å²) in [5.41, 5.74) is 1.37. The van der Waals surface area contributed by atoms with Crippen molar-refractivity contribution in [2.24, 2.45) is 23.7 Å². The van der Waals surface area contributed by atoms with Crippen LogP contribution in [0.15, 0.2) is 24.3 Å². The molecule has 0 aliphatic heterocycles. The molecule has 1 aromatic rings. The van der Waals surface area contributed by atoms with E-state index in [0.717, 1.165) is 30.1 Å². The van der Waals surface area contributed by atoms with Crippen LogP contribution in [0.4, 0.5) is 0 Å². The topological polar surface area (TPSA) is 26.3 Å². The minimum atomic E-state index is -0.162. The molecule has 1 aromatic carbocycles. The predicted molar refractivity (Wildman–Crippen MR) is 135 cm³/mol. The zero-order chi connectivity index (χ0) is 22.6. The first-order valence-corrected chi connectivity index (χ1v) is 14.0. The Morgan fingerprint density at radius 2 is 1.31 bits per heavy atom. The highest BCUT2D eigenvalue weighted by Gasteiger charge is 2.30. The van der Waals surface area contributed by atoms with Gasteiger partial charge in [-0.25, -0.2) is 0 Å². The molecule has 0 atom stereocenters. The summed E-state index contributed by atoms with van der Waals surface area (Å²) in [6, 6.07) is 8.15. The number of unbranched alkanes of at least 4 members (excludes halogenated alkanes) is 4. The number of esters is 1. The molecule has 0 aromatic heterocycles. The minimum Gasteiger partial charge on any atom is -0.427 e. The van der Waals surface area contributed by atoms with Crippen molar-refractivity contribution in [2.75, 3.05) is 0 Å². The fourth-order valence-corrected chi connectivity index (χ4v) is 6.23. The molecule has 2 aliphatic rings. The third-order valence-electron chi connectivity index (χ3n) is 8.45. The van der Waals surface area contributed by atoms with Crippen LogP contribution in [0.3, 0.4) is 0 Å². The lowest BCUT2D eigenvalue weighted by atomic mass is 9.68. The Kier molecular flexibility index (Phi) is 11.1. The highest BCUT2D eigenvalue weighted by atomic mass is 16.5. The maximum atomic E-state index is 11.4. The molecule has 0 saturated heterocycles. The Morgan fingerprint density at radius 3 is 1.88 bits per heavy atom. The monoisotopic (exact) mass is 440 g/mol. The van der Waals surface area contributed by atoms with E-state index in [-0.39, 0.29) is 5.97 Å². The van der Waals surface area contributed by atoms with E-state index in [2.05, 4.69) is 19.1 Å². The van der Waals surface area contributed by atoms with Crippen LogP contribution in [-0.4, -0.2) is 5.97 Å². The predicted octanol–water partition coefficient (Wildman–Crippen LogP) is 8.91. The molecule has 0 amide bonds. The zero-order valence-corrected chi connectivity index (χ0v) is 21.0. The van der Waals surface area contributed by atoms with Crippen molar-refractivity contribution in [1.82, 2.24) is 0 Å². The van der Waals surface area contributed by atoms with Gasteiger partial charge < -0.3 is 4.74 Å². The van der Waals surface area contributed by atoms with Gasteiger partial charge in [0.15, 0.2) is 0 Å². The third kappa shape index (κ3) is 8.56. The molecule has 2 saturated carbocycles. The molecular weight excluding hydrogens is 392 g/mol. The van der Waals surface area contributed by atoms with Crippen LogP contribution in [0.5, 0.6) is 5.75 Å². The van der Waals surface area contributed by atoms with Gasteiger partial charge in [-0.15, -0.1) is 0 Å². The van der Waals surface area contributed by atoms with E-state index in [1.807, 2.05) is 19.1 Å². The first kappa shape index (κ1) is 25.3. The maximum Gasteiger partial charge on any atom is 0.310 e. The summed E-state index contributed by atoms with van der Waals surface area (Å²) < 4.78 is 5.28.